The van der Waals surface area contributed by atoms with Crippen molar-refractivity contribution in [3.63, 3.8) is 0 Å². The third-order valence-corrected chi connectivity index (χ3v) is 3.63. The molecule has 0 rings (SSSR count). The number of rotatable bonds is 20. The van der Waals surface area contributed by atoms with Crippen molar-refractivity contribution in [2.75, 3.05) is 72.7 Å². The number of hydrogen-bond donors (Lipinski definition) is 0. The maximum atomic E-state index is 5.56. The van der Waals surface area contributed by atoms with Gasteiger partial charge in [0.15, 0.2) is 0 Å². The summed E-state index contributed by atoms with van der Waals surface area (Å²) >= 11 is 0. The minimum absolute atomic E-state index is 0.252. The summed E-state index contributed by atoms with van der Waals surface area (Å²) in [6.07, 6.45) is 3.84. The quantitative estimate of drug-likeness (QED) is 0.294. The van der Waals surface area contributed by atoms with Gasteiger partial charge in [-0.05, 0) is 32.1 Å². The lowest BCUT2D eigenvalue weighted by molar-refractivity contribution is -0.0213. The topological polar surface area (TPSA) is 55.4 Å². The van der Waals surface area contributed by atoms with Gasteiger partial charge in [0.25, 0.3) is 0 Å². The van der Waals surface area contributed by atoms with Crippen molar-refractivity contribution in [2.24, 2.45) is 5.41 Å². The van der Waals surface area contributed by atoms with E-state index in [2.05, 4.69) is 20.8 Å². The summed E-state index contributed by atoms with van der Waals surface area (Å²) in [5, 5.41) is 0. The van der Waals surface area contributed by atoms with Crippen LogP contribution in [0.25, 0.3) is 0 Å². The zero-order chi connectivity index (χ0) is 20.2. The van der Waals surface area contributed by atoms with E-state index in [0.29, 0.717) is 71.5 Å². The molecule has 27 heavy (non-hydrogen) atoms. The molecule has 0 heterocycles. The summed E-state index contributed by atoms with van der Waals surface area (Å²) < 4.78 is 32.7. The summed E-state index contributed by atoms with van der Waals surface area (Å²) in [4.78, 5) is 0. The highest BCUT2D eigenvalue weighted by Gasteiger charge is 2.08. The molecule has 0 radical (unpaired) electrons. The molecule has 164 valence electrons. The van der Waals surface area contributed by atoms with Gasteiger partial charge in [-0.25, -0.2) is 0 Å². The maximum absolute atomic E-state index is 5.56. The van der Waals surface area contributed by atoms with E-state index in [1.165, 1.54) is 12.8 Å². The minimum atomic E-state index is 0.252. The van der Waals surface area contributed by atoms with Crippen molar-refractivity contribution < 1.29 is 28.4 Å². The molecule has 0 fully saturated rings. The van der Waals surface area contributed by atoms with Crippen LogP contribution in [0, 0.1) is 5.41 Å². The molecule has 0 bridgehead atoms. The molecule has 0 aliphatic rings. The van der Waals surface area contributed by atoms with Gasteiger partial charge in [-0.2, -0.15) is 0 Å². The Morgan fingerprint density at radius 2 is 0.889 bits per heavy atom. The Balaban J connectivity index is 3.03. The van der Waals surface area contributed by atoms with Crippen LogP contribution in [-0.2, 0) is 28.4 Å². The van der Waals surface area contributed by atoms with Crippen LogP contribution in [0.2, 0.25) is 0 Å². The summed E-state index contributed by atoms with van der Waals surface area (Å²) in [6, 6.07) is 0. The van der Waals surface area contributed by atoms with E-state index >= 15 is 0 Å². The molecule has 0 aliphatic heterocycles. The number of ether oxygens (including phenoxy) is 6. The van der Waals surface area contributed by atoms with Crippen LogP contribution in [0.15, 0.2) is 0 Å². The minimum Gasteiger partial charge on any atom is -0.379 e. The van der Waals surface area contributed by atoms with E-state index in [1.807, 2.05) is 13.8 Å². The van der Waals surface area contributed by atoms with Gasteiger partial charge < -0.3 is 28.4 Å². The second kappa shape index (κ2) is 19.1. The molecular weight excluding hydrogens is 348 g/mol. The maximum Gasteiger partial charge on any atom is 0.0703 e. The average molecular weight is 393 g/mol. The Bertz CT molecular complexity index is 291. The van der Waals surface area contributed by atoms with Gasteiger partial charge in [-0.1, -0.05) is 27.2 Å². The number of unbranched alkanes of at least 4 members (excludes halogenated alkanes) is 1. The van der Waals surface area contributed by atoms with E-state index in [1.54, 1.807) is 0 Å². The van der Waals surface area contributed by atoms with Gasteiger partial charge in [0, 0.05) is 6.61 Å². The predicted molar refractivity (Wildman–Crippen MR) is 108 cm³/mol. The Morgan fingerprint density at radius 3 is 1.26 bits per heavy atom. The van der Waals surface area contributed by atoms with Crippen molar-refractivity contribution in [2.45, 2.75) is 60.0 Å². The van der Waals surface area contributed by atoms with Crippen LogP contribution in [0.3, 0.4) is 0 Å². The monoisotopic (exact) mass is 392 g/mol. The van der Waals surface area contributed by atoms with Crippen LogP contribution in [0.4, 0.5) is 0 Å². The van der Waals surface area contributed by atoms with Crippen LogP contribution in [-0.4, -0.2) is 78.8 Å². The molecule has 0 amide bonds. The highest BCUT2D eigenvalue weighted by atomic mass is 16.6. The first kappa shape index (κ1) is 26.8. The molecule has 0 saturated carbocycles. The Morgan fingerprint density at radius 1 is 0.519 bits per heavy atom. The fraction of sp³-hybridized carbons (Fsp3) is 1.00. The third-order valence-electron chi connectivity index (χ3n) is 3.63. The summed E-state index contributed by atoms with van der Waals surface area (Å²) in [6.45, 7) is 17.7. The van der Waals surface area contributed by atoms with Crippen molar-refractivity contribution in [1.82, 2.24) is 0 Å². The lowest BCUT2D eigenvalue weighted by Gasteiger charge is -2.17. The van der Waals surface area contributed by atoms with Gasteiger partial charge in [0.2, 0.25) is 0 Å². The Hall–Kier alpha value is -0.240. The first-order valence-electron chi connectivity index (χ1n) is 10.4. The van der Waals surface area contributed by atoms with Crippen LogP contribution in [0.1, 0.15) is 53.9 Å². The standard InChI is InChI=1S/C21H44O6/c1-20(2)27-19-18-26-17-16-25-15-14-24-13-12-23-11-10-22-9-7-6-8-21(3,4)5/h20H,6-19H2,1-5H3. The summed E-state index contributed by atoms with van der Waals surface area (Å²) in [7, 11) is 0. The zero-order valence-corrected chi connectivity index (χ0v) is 18.4. The molecular formula is C21H44O6. The van der Waals surface area contributed by atoms with Gasteiger partial charge in [-0.3, -0.25) is 0 Å². The van der Waals surface area contributed by atoms with Gasteiger partial charge in [0.05, 0.1) is 72.2 Å². The van der Waals surface area contributed by atoms with Crippen LogP contribution >= 0.6 is 0 Å². The molecule has 0 atom stereocenters. The van der Waals surface area contributed by atoms with E-state index in [-0.39, 0.29) is 6.10 Å². The van der Waals surface area contributed by atoms with Crippen molar-refractivity contribution in [3.8, 4) is 0 Å². The molecule has 0 unspecified atom stereocenters. The molecule has 0 N–H and O–H groups in total. The molecule has 0 aromatic heterocycles. The van der Waals surface area contributed by atoms with E-state index in [9.17, 15) is 0 Å². The van der Waals surface area contributed by atoms with Gasteiger partial charge >= 0.3 is 0 Å². The first-order chi connectivity index (χ1) is 12.9. The fourth-order valence-electron chi connectivity index (χ4n) is 2.18. The van der Waals surface area contributed by atoms with Crippen molar-refractivity contribution >= 4 is 0 Å². The number of hydrogen-bond acceptors (Lipinski definition) is 6. The Kier molecular flexibility index (Phi) is 18.9. The molecule has 6 heteroatoms. The van der Waals surface area contributed by atoms with Crippen molar-refractivity contribution in [3.05, 3.63) is 0 Å². The molecule has 6 nitrogen and oxygen atoms in total. The molecule has 0 spiro atoms. The fourth-order valence-corrected chi connectivity index (χ4v) is 2.18. The molecule has 0 aromatic carbocycles. The lowest BCUT2D eigenvalue weighted by Crippen LogP contribution is -2.14. The second-order valence-corrected chi connectivity index (χ2v) is 8.00. The first-order valence-corrected chi connectivity index (χ1v) is 10.4. The van der Waals surface area contributed by atoms with Gasteiger partial charge in [-0.15, -0.1) is 0 Å². The van der Waals surface area contributed by atoms with Crippen LogP contribution < -0.4 is 0 Å². The van der Waals surface area contributed by atoms with Gasteiger partial charge in [0.1, 0.15) is 0 Å². The van der Waals surface area contributed by atoms with E-state index < -0.39 is 0 Å². The Labute approximate surface area is 167 Å². The van der Waals surface area contributed by atoms with Crippen molar-refractivity contribution in [1.29, 1.82) is 0 Å². The SMILES string of the molecule is CC(C)OCCOCCOCCOCCOCCOCCCCC(C)(C)C. The lowest BCUT2D eigenvalue weighted by atomic mass is 9.90. The van der Waals surface area contributed by atoms with E-state index in [4.69, 9.17) is 28.4 Å². The average Bonchev–Trinajstić information content (AvgIpc) is 2.58. The summed E-state index contributed by atoms with van der Waals surface area (Å²) in [5.41, 5.74) is 0.421. The normalized spacial score (nSPS) is 12.2. The largest absolute Gasteiger partial charge is 0.379 e. The molecule has 0 saturated heterocycles. The highest BCUT2D eigenvalue weighted by molar-refractivity contribution is 4.60. The third kappa shape index (κ3) is 25.8. The highest BCUT2D eigenvalue weighted by Crippen LogP contribution is 2.21. The molecule has 0 aliphatic carbocycles. The predicted octanol–water partition coefficient (Wildman–Crippen LogP) is 3.71. The summed E-state index contributed by atoms with van der Waals surface area (Å²) in [5.74, 6) is 0. The van der Waals surface area contributed by atoms with Crippen LogP contribution in [0.5, 0.6) is 0 Å². The second-order valence-electron chi connectivity index (χ2n) is 8.00. The smallest absolute Gasteiger partial charge is 0.0703 e. The van der Waals surface area contributed by atoms with E-state index in [0.717, 1.165) is 13.0 Å². The zero-order valence-electron chi connectivity index (χ0n) is 18.4. The molecule has 0 aromatic rings.